The standard InChI is InChI=1S/C30H28N2O7S/c1-20-8-12-23(13-9-20)32(40(36)37)27-17-16-25(18-26(27)30(35)38-3)39-24-14-10-22(11-15-24)19-31(21(2)33)28-6-4-5-7-29(28)34/h4-18,34H,19H2,1-3H3,(H,36,37). The highest BCUT2D eigenvalue weighted by atomic mass is 32.2. The van der Waals surface area contributed by atoms with Gasteiger partial charge in [-0.2, -0.15) is 0 Å². The molecule has 4 aromatic carbocycles. The Bertz CT molecular complexity index is 1540. The third-order valence-corrected chi connectivity index (χ3v) is 6.79. The fraction of sp³-hybridized carbons (Fsp3) is 0.133. The quantitative estimate of drug-likeness (QED) is 0.187. The summed E-state index contributed by atoms with van der Waals surface area (Å²) in [6.07, 6.45) is 0. The van der Waals surface area contributed by atoms with Crippen molar-refractivity contribution in [2.45, 2.75) is 20.4 Å². The van der Waals surface area contributed by atoms with Gasteiger partial charge in [0.1, 0.15) is 17.2 Å². The van der Waals surface area contributed by atoms with Crippen molar-refractivity contribution in [3.05, 3.63) is 108 Å². The lowest BCUT2D eigenvalue weighted by Gasteiger charge is -2.23. The summed E-state index contributed by atoms with van der Waals surface area (Å²) in [6.45, 7) is 3.57. The van der Waals surface area contributed by atoms with Crippen LogP contribution in [0.5, 0.6) is 17.2 Å². The molecule has 1 atom stereocenters. The second-order valence-corrected chi connectivity index (χ2v) is 9.70. The molecule has 4 rings (SSSR count). The Hall–Kier alpha value is -4.67. The highest BCUT2D eigenvalue weighted by Gasteiger charge is 2.24. The van der Waals surface area contributed by atoms with Crippen molar-refractivity contribution in [3.8, 4) is 17.2 Å². The lowest BCUT2D eigenvalue weighted by atomic mass is 10.1. The molecule has 0 aliphatic heterocycles. The summed E-state index contributed by atoms with van der Waals surface area (Å²) in [6, 6.07) is 25.1. The van der Waals surface area contributed by atoms with E-state index in [4.69, 9.17) is 9.47 Å². The van der Waals surface area contributed by atoms with E-state index in [1.807, 2.05) is 6.92 Å². The molecule has 0 spiro atoms. The monoisotopic (exact) mass is 560 g/mol. The summed E-state index contributed by atoms with van der Waals surface area (Å²) in [4.78, 5) is 26.4. The summed E-state index contributed by atoms with van der Waals surface area (Å²) in [7, 11) is 1.23. The van der Waals surface area contributed by atoms with Crippen LogP contribution in [-0.2, 0) is 27.3 Å². The van der Waals surface area contributed by atoms with Crippen LogP contribution in [0.1, 0.15) is 28.4 Å². The van der Waals surface area contributed by atoms with E-state index in [0.29, 0.717) is 22.9 Å². The van der Waals surface area contributed by atoms with E-state index in [0.717, 1.165) is 15.4 Å². The first-order valence-corrected chi connectivity index (χ1v) is 13.3. The van der Waals surface area contributed by atoms with Crippen LogP contribution < -0.4 is 13.9 Å². The minimum absolute atomic E-state index is 0.00786. The third-order valence-electron chi connectivity index (χ3n) is 6.07. The maximum absolute atomic E-state index is 12.7. The Kier molecular flexibility index (Phi) is 8.83. The first-order chi connectivity index (χ1) is 19.2. The van der Waals surface area contributed by atoms with E-state index in [1.165, 1.54) is 37.1 Å². The molecule has 0 aliphatic rings. The van der Waals surface area contributed by atoms with Crippen LogP contribution >= 0.6 is 0 Å². The first kappa shape index (κ1) is 28.3. The number of para-hydroxylation sites is 2. The molecular weight excluding hydrogens is 532 g/mol. The SMILES string of the molecule is COC(=O)c1cc(Oc2ccc(CN(C(C)=O)c3ccccc3O)cc2)ccc1N(c1ccc(C)cc1)S(=O)O. The molecule has 2 N–H and O–H groups in total. The number of amides is 1. The van der Waals surface area contributed by atoms with Crippen molar-refractivity contribution in [1.29, 1.82) is 0 Å². The molecule has 10 heteroatoms. The number of hydrogen-bond acceptors (Lipinski definition) is 6. The van der Waals surface area contributed by atoms with Crippen molar-refractivity contribution < 1.29 is 32.9 Å². The fourth-order valence-electron chi connectivity index (χ4n) is 4.06. The maximum Gasteiger partial charge on any atom is 0.340 e. The number of anilines is 3. The Morgan fingerprint density at radius 2 is 1.52 bits per heavy atom. The van der Waals surface area contributed by atoms with Crippen LogP contribution in [0.15, 0.2) is 91.0 Å². The number of rotatable bonds is 9. The second kappa shape index (κ2) is 12.5. The van der Waals surface area contributed by atoms with Gasteiger partial charge in [0.15, 0.2) is 0 Å². The molecule has 206 valence electrons. The first-order valence-electron chi connectivity index (χ1n) is 12.2. The lowest BCUT2D eigenvalue weighted by Crippen LogP contribution is -2.27. The molecular formula is C30H28N2O7S. The number of aryl methyl sites for hydroxylation is 1. The van der Waals surface area contributed by atoms with Crippen molar-refractivity contribution in [2.24, 2.45) is 0 Å². The highest BCUT2D eigenvalue weighted by molar-refractivity contribution is 7.81. The molecule has 0 radical (unpaired) electrons. The molecule has 40 heavy (non-hydrogen) atoms. The van der Waals surface area contributed by atoms with E-state index < -0.39 is 17.2 Å². The largest absolute Gasteiger partial charge is 0.506 e. The van der Waals surface area contributed by atoms with Gasteiger partial charge in [0.25, 0.3) is 11.3 Å². The van der Waals surface area contributed by atoms with Crippen LogP contribution in [0.3, 0.4) is 0 Å². The summed E-state index contributed by atoms with van der Waals surface area (Å²) in [5, 5.41) is 10.2. The van der Waals surface area contributed by atoms with Gasteiger partial charge in [-0.3, -0.25) is 9.35 Å². The van der Waals surface area contributed by atoms with Crippen molar-refractivity contribution in [3.63, 3.8) is 0 Å². The zero-order valence-electron chi connectivity index (χ0n) is 22.1. The van der Waals surface area contributed by atoms with Crippen LogP contribution in [0, 0.1) is 6.92 Å². The number of esters is 1. The smallest absolute Gasteiger partial charge is 0.340 e. The van der Waals surface area contributed by atoms with Gasteiger partial charge in [-0.05, 0) is 67.1 Å². The molecule has 0 fully saturated rings. The van der Waals surface area contributed by atoms with Gasteiger partial charge in [0.05, 0.1) is 36.3 Å². The molecule has 4 aromatic rings. The fourth-order valence-corrected chi connectivity index (χ4v) is 4.69. The summed E-state index contributed by atoms with van der Waals surface area (Å²) < 4.78 is 34.4. The number of ether oxygens (including phenoxy) is 2. The van der Waals surface area contributed by atoms with E-state index >= 15 is 0 Å². The van der Waals surface area contributed by atoms with Gasteiger partial charge >= 0.3 is 5.97 Å². The summed E-state index contributed by atoms with van der Waals surface area (Å²) in [5.74, 6) is -0.143. The Morgan fingerprint density at radius 1 is 0.875 bits per heavy atom. The molecule has 0 saturated heterocycles. The number of carbonyl (C=O) groups is 2. The molecule has 0 aromatic heterocycles. The Labute approximate surface area is 234 Å². The molecule has 0 bridgehead atoms. The zero-order valence-corrected chi connectivity index (χ0v) is 22.9. The predicted octanol–water partition coefficient (Wildman–Crippen LogP) is 6.11. The molecule has 0 saturated carbocycles. The van der Waals surface area contributed by atoms with Crippen LogP contribution in [0.2, 0.25) is 0 Å². The van der Waals surface area contributed by atoms with Gasteiger partial charge in [0.2, 0.25) is 5.91 Å². The number of methoxy groups -OCH3 is 1. The lowest BCUT2D eigenvalue weighted by molar-refractivity contribution is -0.116. The van der Waals surface area contributed by atoms with Crippen LogP contribution in [-0.4, -0.2) is 32.9 Å². The molecule has 1 unspecified atom stereocenters. The minimum Gasteiger partial charge on any atom is -0.506 e. The number of carbonyl (C=O) groups excluding carboxylic acids is 2. The predicted molar refractivity (Wildman–Crippen MR) is 153 cm³/mol. The topological polar surface area (TPSA) is 117 Å². The normalized spacial score (nSPS) is 11.4. The number of benzene rings is 4. The number of phenols is 1. The van der Waals surface area contributed by atoms with Crippen molar-refractivity contribution >= 4 is 40.2 Å². The van der Waals surface area contributed by atoms with E-state index in [9.17, 15) is 23.5 Å². The van der Waals surface area contributed by atoms with E-state index in [1.54, 1.807) is 72.8 Å². The van der Waals surface area contributed by atoms with Crippen LogP contribution in [0.25, 0.3) is 0 Å². The maximum atomic E-state index is 12.7. The number of hydrogen-bond donors (Lipinski definition) is 2. The highest BCUT2D eigenvalue weighted by Crippen LogP contribution is 2.35. The molecule has 1 amide bonds. The Balaban J connectivity index is 1.58. The van der Waals surface area contributed by atoms with Crippen molar-refractivity contribution in [1.82, 2.24) is 0 Å². The summed E-state index contributed by atoms with van der Waals surface area (Å²) >= 11 is -2.47. The van der Waals surface area contributed by atoms with Gasteiger partial charge in [0, 0.05) is 6.92 Å². The minimum atomic E-state index is -2.47. The summed E-state index contributed by atoms with van der Waals surface area (Å²) in [5.41, 5.74) is 2.82. The Morgan fingerprint density at radius 3 is 2.12 bits per heavy atom. The number of nitrogens with zero attached hydrogens (tertiary/aromatic N) is 2. The second-order valence-electron chi connectivity index (χ2n) is 8.87. The zero-order chi connectivity index (χ0) is 28.8. The molecule has 0 aliphatic carbocycles. The average molecular weight is 561 g/mol. The average Bonchev–Trinajstić information content (AvgIpc) is 2.94. The van der Waals surface area contributed by atoms with Crippen molar-refractivity contribution in [2.75, 3.05) is 16.3 Å². The van der Waals surface area contributed by atoms with Gasteiger partial charge in [-0.25, -0.2) is 13.3 Å². The molecule has 0 heterocycles. The van der Waals surface area contributed by atoms with E-state index in [-0.39, 0.29) is 29.5 Å². The van der Waals surface area contributed by atoms with Crippen LogP contribution in [0.4, 0.5) is 17.1 Å². The van der Waals surface area contributed by atoms with E-state index in [2.05, 4.69) is 0 Å². The van der Waals surface area contributed by atoms with Gasteiger partial charge < -0.3 is 19.5 Å². The van der Waals surface area contributed by atoms with Gasteiger partial charge in [-0.15, -0.1) is 0 Å². The number of phenolic OH excluding ortho intramolecular Hbond substituents is 1. The third kappa shape index (κ3) is 6.48. The van der Waals surface area contributed by atoms with Gasteiger partial charge in [-0.1, -0.05) is 42.0 Å². The number of aromatic hydroxyl groups is 1. The molecule has 9 nitrogen and oxygen atoms in total.